The molecule has 7 heteroatoms. The van der Waals surface area contributed by atoms with Gasteiger partial charge >= 0.3 is 6.16 Å². The Bertz CT molecular complexity index is 522. The van der Waals surface area contributed by atoms with Crippen molar-refractivity contribution < 1.29 is 19.2 Å². The summed E-state index contributed by atoms with van der Waals surface area (Å²) in [7, 11) is 1.14. The van der Waals surface area contributed by atoms with Gasteiger partial charge < -0.3 is 9.47 Å². The molecule has 0 radical (unpaired) electrons. The molecule has 19 heavy (non-hydrogen) atoms. The van der Waals surface area contributed by atoms with Crippen LogP contribution in [-0.2, 0) is 10.2 Å². The first-order valence-electron chi connectivity index (χ1n) is 5.41. The molecule has 0 aliphatic carbocycles. The lowest BCUT2D eigenvalue weighted by Crippen LogP contribution is -2.14. The molecule has 1 aromatic carbocycles. The van der Waals surface area contributed by atoms with E-state index in [4.69, 9.17) is 16.3 Å². The van der Waals surface area contributed by atoms with Crippen LogP contribution in [0.5, 0.6) is 5.75 Å². The maximum Gasteiger partial charge on any atom is 0.513 e. The van der Waals surface area contributed by atoms with Gasteiger partial charge in [0.1, 0.15) is 0 Å². The molecule has 0 aromatic heterocycles. The van der Waals surface area contributed by atoms with Crippen molar-refractivity contribution in [2.45, 2.75) is 26.2 Å². The SMILES string of the molecule is COC(=O)Oc1cc([N+](=O)[O-])cc(C(C)(C)C)c1Cl. The minimum atomic E-state index is -0.984. The maximum atomic E-state index is 11.1. The summed E-state index contributed by atoms with van der Waals surface area (Å²) < 4.78 is 9.17. The van der Waals surface area contributed by atoms with Crippen molar-refractivity contribution in [2.75, 3.05) is 7.11 Å². The molecule has 0 unspecified atom stereocenters. The van der Waals surface area contributed by atoms with Gasteiger partial charge in [0.15, 0.2) is 5.75 Å². The van der Waals surface area contributed by atoms with E-state index in [0.717, 1.165) is 13.2 Å². The fourth-order valence-electron chi connectivity index (χ4n) is 1.44. The second kappa shape index (κ2) is 5.44. The van der Waals surface area contributed by atoms with Crippen LogP contribution in [0, 0.1) is 10.1 Å². The third-order valence-electron chi connectivity index (χ3n) is 2.40. The first-order valence-corrected chi connectivity index (χ1v) is 5.79. The van der Waals surface area contributed by atoms with E-state index in [2.05, 4.69) is 4.74 Å². The lowest BCUT2D eigenvalue weighted by molar-refractivity contribution is -0.385. The lowest BCUT2D eigenvalue weighted by Gasteiger charge is -2.21. The van der Waals surface area contributed by atoms with Gasteiger partial charge in [-0.3, -0.25) is 10.1 Å². The summed E-state index contributed by atoms with van der Waals surface area (Å²) in [6.45, 7) is 5.54. The van der Waals surface area contributed by atoms with Crippen LogP contribution < -0.4 is 4.74 Å². The average molecular weight is 288 g/mol. The van der Waals surface area contributed by atoms with Crippen molar-refractivity contribution in [1.82, 2.24) is 0 Å². The van der Waals surface area contributed by atoms with Gasteiger partial charge in [0, 0.05) is 6.07 Å². The second-order valence-electron chi connectivity index (χ2n) is 4.87. The Hall–Kier alpha value is -1.82. The fraction of sp³-hybridized carbons (Fsp3) is 0.417. The van der Waals surface area contributed by atoms with Crippen molar-refractivity contribution in [1.29, 1.82) is 0 Å². The summed E-state index contributed by atoms with van der Waals surface area (Å²) in [5.41, 5.74) is -0.118. The van der Waals surface area contributed by atoms with Gasteiger partial charge in [-0.05, 0) is 11.0 Å². The van der Waals surface area contributed by atoms with E-state index in [-0.39, 0.29) is 16.5 Å². The average Bonchev–Trinajstić information content (AvgIpc) is 2.29. The van der Waals surface area contributed by atoms with Crippen LogP contribution in [0.4, 0.5) is 10.5 Å². The monoisotopic (exact) mass is 287 g/mol. The Morgan fingerprint density at radius 1 is 1.37 bits per heavy atom. The minimum Gasteiger partial charge on any atom is -0.437 e. The van der Waals surface area contributed by atoms with E-state index in [1.807, 2.05) is 20.8 Å². The highest BCUT2D eigenvalue weighted by Gasteiger charge is 2.25. The van der Waals surface area contributed by atoms with Crippen LogP contribution in [0.15, 0.2) is 12.1 Å². The normalized spacial score (nSPS) is 11.0. The molecule has 0 heterocycles. The first-order chi connectivity index (χ1) is 8.66. The molecule has 0 spiro atoms. The molecule has 1 rings (SSSR count). The van der Waals surface area contributed by atoms with E-state index in [0.29, 0.717) is 5.56 Å². The number of nitro groups is 1. The summed E-state index contributed by atoms with van der Waals surface area (Å²) >= 11 is 6.12. The van der Waals surface area contributed by atoms with Crippen LogP contribution in [0.3, 0.4) is 0 Å². The van der Waals surface area contributed by atoms with Gasteiger partial charge in [-0.25, -0.2) is 4.79 Å². The van der Waals surface area contributed by atoms with Crippen molar-refractivity contribution in [2.24, 2.45) is 0 Å². The largest absolute Gasteiger partial charge is 0.513 e. The molecular formula is C12H14ClNO5. The van der Waals surface area contributed by atoms with Gasteiger partial charge in [0.25, 0.3) is 5.69 Å². The zero-order valence-corrected chi connectivity index (χ0v) is 11.8. The molecule has 0 N–H and O–H groups in total. The number of nitro benzene ring substituents is 1. The number of benzene rings is 1. The number of ether oxygens (including phenoxy) is 2. The zero-order chi connectivity index (χ0) is 14.8. The highest BCUT2D eigenvalue weighted by Crippen LogP contribution is 2.39. The number of carbonyl (C=O) groups excluding carboxylic acids is 1. The van der Waals surface area contributed by atoms with E-state index in [9.17, 15) is 14.9 Å². The van der Waals surface area contributed by atoms with E-state index < -0.39 is 16.5 Å². The van der Waals surface area contributed by atoms with Gasteiger partial charge in [0.05, 0.1) is 23.1 Å². The Balaban J connectivity index is 3.41. The lowest BCUT2D eigenvalue weighted by atomic mass is 9.86. The van der Waals surface area contributed by atoms with Crippen molar-refractivity contribution in [3.63, 3.8) is 0 Å². The molecule has 1 aromatic rings. The van der Waals surface area contributed by atoms with Crippen LogP contribution >= 0.6 is 11.6 Å². The molecule has 6 nitrogen and oxygen atoms in total. The highest BCUT2D eigenvalue weighted by atomic mass is 35.5. The number of carbonyl (C=O) groups is 1. The number of nitrogens with zero attached hydrogens (tertiary/aromatic N) is 1. The van der Waals surface area contributed by atoms with Crippen molar-refractivity contribution in [3.8, 4) is 5.75 Å². The molecule has 0 saturated heterocycles. The van der Waals surface area contributed by atoms with Gasteiger partial charge in [0.2, 0.25) is 0 Å². The molecule has 104 valence electrons. The smallest absolute Gasteiger partial charge is 0.437 e. The molecule has 0 saturated carbocycles. The van der Waals surface area contributed by atoms with Crippen molar-refractivity contribution >= 4 is 23.4 Å². The summed E-state index contributed by atoms with van der Waals surface area (Å²) in [5.74, 6) is -0.0901. The molecule has 0 amide bonds. The number of hydrogen-bond donors (Lipinski definition) is 0. The predicted octanol–water partition coefficient (Wildman–Crippen LogP) is 3.69. The van der Waals surface area contributed by atoms with Gasteiger partial charge in [-0.15, -0.1) is 0 Å². The van der Waals surface area contributed by atoms with E-state index in [1.54, 1.807) is 0 Å². The summed E-state index contributed by atoms with van der Waals surface area (Å²) in [6.07, 6.45) is -0.984. The minimum absolute atomic E-state index is 0.0901. The maximum absolute atomic E-state index is 11.1. The number of non-ortho nitro benzene ring substituents is 1. The molecular weight excluding hydrogens is 274 g/mol. The molecule has 0 atom stereocenters. The quantitative estimate of drug-likeness (QED) is 0.359. The Kier molecular flexibility index (Phi) is 4.36. The topological polar surface area (TPSA) is 78.7 Å². The van der Waals surface area contributed by atoms with Crippen LogP contribution in [0.25, 0.3) is 0 Å². The Morgan fingerprint density at radius 2 is 1.95 bits per heavy atom. The third kappa shape index (κ3) is 3.57. The second-order valence-corrected chi connectivity index (χ2v) is 5.25. The zero-order valence-electron chi connectivity index (χ0n) is 11.0. The Labute approximate surface area is 115 Å². The standard InChI is InChI=1S/C12H14ClNO5/c1-12(2,3)8-5-7(14(16)17)6-9(10(8)13)19-11(15)18-4/h5-6H,1-4H3. The molecule has 0 aliphatic rings. The fourth-order valence-corrected chi connectivity index (χ4v) is 1.87. The number of rotatable bonds is 2. The van der Waals surface area contributed by atoms with Crippen molar-refractivity contribution in [3.05, 3.63) is 32.8 Å². The molecule has 0 bridgehead atoms. The Morgan fingerprint density at radius 3 is 2.37 bits per heavy atom. The third-order valence-corrected chi connectivity index (χ3v) is 2.79. The van der Waals surface area contributed by atoms with Crippen LogP contribution in [0.2, 0.25) is 5.02 Å². The number of halogens is 1. The first kappa shape index (κ1) is 15.2. The predicted molar refractivity (Wildman–Crippen MR) is 69.8 cm³/mol. The highest BCUT2D eigenvalue weighted by molar-refractivity contribution is 6.33. The van der Waals surface area contributed by atoms with Crippen LogP contribution in [-0.4, -0.2) is 18.2 Å². The summed E-state index contributed by atoms with van der Waals surface area (Å²) in [5, 5.41) is 11.0. The summed E-state index contributed by atoms with van der Waals surface area (Å²) in [6, 6.07) is 2.46. The summed E-state index contributed by atoms with van der Waals surface area (Å²) in [4.78, 5) is 21.4. The molecule has 0 fully saturated rings. The number of hydrogen-bond acceptors (Lipinski definition) is 5. The van der Waals surface area contributed by atoms with E-state index >= 15 is 0 Å². The van der Waals surface area contributed by atoms with E-state index in [1.165, 1.54) is 6.07 Å². The number of methoxy groups -OCH3 is 1. The van der Waals surface area contributed by atoms with Crippen LogP contribution in [0.1, 0.15) is 26.3 Å². The molecule has 0 aliphatic heterocycles. The van der Waals surface area contributed by atoms with Gasteiger partial charge in [-0.2, -0.15) is 0 Å². The van der Waals surface area contributed by atoms with Gasteiger partial charge in [-0.1, -0.05) is 32.4 Å².